The number of esters is 1. The zero-order valence-corrected chi connectivity index (χ0v) is 14.3. The molecule has 1 unspecified atom stereocenters. The first-order chi connectivity index (χ1) is 10.6. The van der Waals surface area contributed by atoms with Gasteiger partial charge < -0.3 is 4.74 Å². The fraction of sp³-hybridized carbons (Fsp3) is 0.444. The summed E-state index contributed by atoms with van der Waals surface area (Å²) < 4.78 is 5.20. The van der Waals surface area contributed by atoms with E-state index in [2.05, 4.69) is 6.58 Å². The van der Waals surface area contributed by atoms with Gasteiger partial charge in [-0.3, -0.25) is 4.89 Å². The molecule has 0 radical (unpaired) electrons. The Balaban J connectivity index is 2.55. The summed E-state index contributed by atoms with van der Waals surface area (Å²) >= 11 is 0. The van der Waals surface area contributed by atoms with Crippen LogP contribution < -0.4 is 0 Å². The minimum absolute atomic E-state index is 0.335. The van der Waals surface area contributed by atoms with Gasteiger partial charge in [0.25, 0.3) is 0 Å². The van der Waals surface area contributed by atoms with Crippen LogP contribution in [0.25, 0.3) is 0 Å². The van der Waals surface area contributed by atoms with Crippen molar-refractivity contribution in [3.63, 3.8) is 0 Å². The number of ether oxygens (including phenoxy) is 1. The predicted molar refractivity (Wildman–Crippen MR) is 86.7 cm³/mol. The van der Waals surface area contributed by atoms with Crippen LogP contribution in [0.15, 0.2) is 36.4 Å². The van der Waals surface area contributed by atoms with Gasteiger partial charge in [0, 0.05) is 12.0 Å². The molecular formula is C18H24O5. The van der Waals surface area contributed by atoms with Gasteiger partial charge >= 0.3 is 11.9 Å². The predicted octanol–water partition coefficient (Wildman–Crippen LogP) is 3.76. The van der Waals surface area contributed by atoms with E-state index in [0.717, 1.165) is 5.56 Å². The van der Waals surface area contributed by atoms with Crippen molar-refractivity contribution in [1.82, 2.24) is 0 Å². The van der Waals surface area contributed by atoms with Crippen molar-refractivity contribution in [3.05, 3.63) is 47.5 Å². The van der Waals surface area contributed by atoms with E-state index in [1.54, 1.807) is 39.8 Å². The Morgan fingerprint density at radius 2 is 1.87 bits per heavy atom. The van der Waals surface area contributed by atoms with Crippen LogP contribution in [0.1, 0.15) is 50.0 Å². The number of carbonyl (C=O) groups is 2. The van der Waals surface area contributed by atoms with Crippen LogP contribution in [0, 0.1) is 6.92 Å². The molecule has 23 heavy (non-hydrogen) atoms. The molecule has 0 amide bonds. The Bertz CT molecular complexity index is 589. The van der Waals surface area contributed by atoms with Gasteiger partial charge in [-0.15, -0.1) is 0 Å². The van der Waals surface area contributed by atoms with Crippen molar-refractivity contribution in [2.45, 2.75) is 52.7 Å². The molecular weight excluding hydrogens is 296 g/mol. The van der Waals surface area contributed by atoms with Crippen LogP contribution in [0.3, 0.4) is 0 Å². The first-order valence-electron chi connectivity index (χ1n) is 7.44. The van der Waals surface area contributed by atoms with Crippen LogP contribution >= 0.6 is 0 Å². The molecule has 1 aromatic rings. The molecule has 0 aliphatic carbocycles. The average Bonchev–Trinajstić information content (AvgIpc) is 2.44. The van der Waals surface area contributed by atoms with Crippen LogP contribution in [-0.2, 0) is 19.3 Å². The summed E-state index contributed by atoms with van der Waals surface area (Å²) in [4.78, 5) is 33.7. The number of hydrogen-bond acceptors (Lipinski definition) is 5. The standard InChI is InChI=1S/C18H24O5/c1-12(2)16(19)21-14(4)11-18(5,6)23-22-17(20)15-10-8-7-9-13(15)3/h7-10,14H,1,11H2,2-6H3. The monoisotopic (exact) mass is 320 g/mol. The first kappa shape index (κ1) is 18.9. The van der Waals surface area contributed by atoms with Gasteiger partial charge in [0.05, 0.1) is 5.56 Å². The van der Waals surface area contributed by atoms with Crippen LogP contribution in [-0.4, -0.2) is 23.6 Å². The second-order valence-corrected chi connectivity index (χ2v) is 6.23. The van der Waals surface area contributed by atoms with E-state index in [-0.39, 0.29) is 0 Å². The fourth-order valence-electron chi connectivity index (χ4n) is 2.05. The third-order valence-corrected chi connectivity index (χ3v) is 3.14. The zero-order valence-electron chi connectivity index (χ0n) is 14.3. The van der Waals surface area contributed by atoms with Gasteiger partial charge in [-0.1, -0.05) is 24.8 Å². The molecule has 0 aliphatic heterocycles. The van der Waals surface area contributed by atoms with Gasteiger partial charge in [-0.05, 0) is 46.2 Å². The maximum Gasteiger partial charge on any atom is 0.373 e. The van der Waals surface area contributed by atoms with Crippen molar-refractivity contribution in [1.29, 1.82) is 0 Å². The lowest BCUT2D eigenvalue weighted by Crippen LogP contribution is -2.32. The maximum atomic E-state index is 12.0. The van der Waals surface area contributed by atoms with E-state index in [0.29, 0.717) is 17.6 Å². The maximum absolute atomic E-state index is 12.0. The Morgan fingerprint density at radius 1 is 1.26 bits per heavy atom. The molecule has 5 heteroatoms. The molecule has 0 bridgehead atoms. The molecule has 0 fully saturated rings. The molecule has 0 aromatic heterocycles. The molecule has 0 spiro atoms. The molecule has 1 atom stereocenters. The highest BCUT2D eigenvalue weighted by molar-refractivity contribution is 5.90. The van der Waals surface area contributed by atoms with Crippen molar-refractivity contribution in [2.75, 3.05) is 0 Å². The highest BCUT2D eigenvalue weighted by Gasteiger charge is 2.27. The lowest BCUT2D eigenvalue weighted by molar-refractivity contribution is -0.311. The fourth-order valence-corrected chi connectivity index (χ4v) is 2.05. The number of rotatable bonds is 7. The van der Waals surface area contributed by atoms with E-state index in [1.807, 2.05) is 19.1 Å². The highest BCUT2D eigenvalue weighted by atomic mass is 17.2. The molecule has 0 N–H and O–H groups in total. The first-order valence-corrected chi connectivity index (χ1v) is 7.44. The van der Waals surface area contributed by atoms with E-state index in [4.69, 9.17) is 14.5 Å². The SMILES string of the molecule is C=C(C)C(=O)OC(C)CC(C)(C)OOC(=O)c1ccccc1C. The molecule has 0 aliphatic rings. The normalized spacial score (nSPS) is 12.4. The summed E-state index contributed by atoms with van der Waals surface area (Å²) in [5.74, 6) is -1.01. The Morgan fingerprint density at radius 3 is 2.43 bits per heavy atom. The molecule has 1 rings (SSSR count). The average molecular weight is 320 g/mol. The summed E-state index contributed by atoms with van der Waals surface area (Å²) in [5, 5.41) is 0. The topological polar surface area (TPSA) is 61.8 Å². The van der Waals surface area contributed by atoms with Gasteiger partial charge in [0.15, 0.2) is 0 Å². The molecule has 5 nitrogen and oxygen atoms in total. The van der Waals surface area contributed by atoms with E-state index < -0.39 is 23.6 Å². The minimum atomic E-state index is -0.798. The second-order valence-electron chi connectivity index (χ2n) is 6.23. The molecule has 126 valence electrons. The third-order valence-electron chi connectivity index (χ3n) is 3.14. The summed E-state index contributed by atoms with van der Waals surface area (Å²) in [5.41, 5.74) is 0.793. The molecule has 0 saturated heterocycles. The lowest BCUT2D eigenvalue weighted by atomic mass is 10.0. The zero-order chi connectivity index (χ0) is 17.6. The van der Waals surface area contributed by atoms with Gasteiger partial charge in [-0.2, -0.15) is 4.89 Å². The van der Waals surface area contributed by atoms with Crippen LogP contribution in [0.2, 0.25) is 0 Å². The van der Waals surface area contributed by atoms with Crippen molar-refractivity contribution in [2.24, 2.45) is 0 Å². The quantitative estimate of drug-likeness (QED) is 0.331. The highest BCUT2D eigenvalue weighted by Crippen LogP contribution is 2.20. The Labute approximate surface area is 137 Å². The van der Waals surface area contributed by atoms with E-state index in [9.17, 15) is 9.59 Å². The van der Waals surface area contributed by atoms with E-state index >= 15 is 0 Å². The molecule has 0 saturated carbocycles. The minimum Gasteiger partial charge on any atom is -0.459 e. The smallest absolute Gasteiger partial charge is 0.373 e. The summed E-state index contributed by atoms with van der Waals surface area (Å²) in [7, 11) is 0. The lowest BCUT2D eigenvalue weighted by Gasteiger charge is -2.26. The summed E-state index contributed by atoms with van der Waals surface area (Å²) in [6.07, 6.45) is -0.0288. The van der Waals surface area contributed by atoms with Crippen molar-refractivity contribution < 1.29 is 24.1 Å². The van der Waals surface area contributed by atoms with Gasteiger partial charge in [-0.25, -0.2) is 9.59 Å². The largest absolute Gasteiger partial charge is 0.459 e. The number of benzene rings is 1. The number of hydrogen-bond donors (Lipinski definition) is 0. The van der Waals surface area contributed by atoms with E-state index in [1.165, 1.54) is 0 Å². The number of aryl methyl sites for hydroxylation is 1. The van der Waals surface area contributed by atoms with Crippen molar-refractivity contribution in [3.8, 4) is 0 Å². The molecule has 1 aromatic carbocycles. The Kier molecular flexibility index (Phi) is 6.51. The summed E-state index contributed by atoms with van der Waals surface area (Å²) in [6, 6.07) is 7.09. The summed E-state index contributed by atoms with van der Waals surface area (Å²) in [6.45, 7) is 12.2. The second kappa shape index (κ2) is 7.92. The van der Waals surface area contributed by atoms with Crippen LogP contribution in [0.4, 0.5) is 0 Å². The van der Waals surface area contributed by atoms with Crippen molar-refractivity contribution >= 4 is 11.9 Å². The van der Waals surface area contributed by atoms with Gasteiger partial charge in [0.2, 0.25) is 0 Å². The number of carbonyl (C=O) groups excluding carboxylic acids is 2. The molecule has 0 heterocycles. The van der Waals surface area contributed by atoms with Gasteiger partial charge in [0.1, 0.15) is 11.7 Å². The van der Waals surface area contributed by atoms with Crippen LogP contribution in [0.5, 0.6) is 0 Å². The third kappa shape index (κ3) is 6.24. The Hall–Kier alpha value is -2.14.